The van der Waals surface area contributed by atoms with E-state index in [-0.39, 0.29) is 5.78 Å². The van der Waals surface area contributed by atoms with Gasteiger partial charge in [-0.15, -0.1) is 0 Å². The minimum absolute atomic E-state index is 0.245. The summed E-state index contributed by atoms with van der Waals surface area (Å²) >= 11 is 5.67. The molecule has 0 spiro atoms. The minimum atomic E-state index is 0.245. The molecule has 2 heterocycles. The molecular weight excluding hydrogens is 202 g/mol. The Hall–Kier alpha value is -1.16. The zero-order valence-corrected chi connectivity index (χ0v) is 8.37. The fourth-order valence-corrected chi connectivity index (χ4v) is 1.58. The molecule has 0 aliphatic carbocycles. The van der Waals surface area contributed by atoms with Crippen LogP contribution in [-0.4, -0.2) is 28.8 Å². The molecule has 0 saturated carbocycles. The molecule has 5 heteroatoms. The van der Waals surface area contributed by atoms with Crippen LogP contribution in [0.4, 0.5) is 5.95 Å². The van der Waals surface area contributed by atoms with Crippen molar-refractivity contribution in [3.63, 3.8) is 0 Å². The van der Waals surface area contributed by atoms with Crippen LogP contribution in [0.1, 0.15) is 12.8 Å². The number of carbonyl (C=O) groups excluding carboxylic acids is 1. The van der Waals surface area contributed by atoms with Gasteiger partial charge in [0.2, 0.25) is 5.95 Å². The zero-order chi connectivity index (χ0) is 9.97. The molecule has 0 radical (unpaired) electrons. The molecule has 14 heavy (non-hydrogen) atoms. The molecule has 1 aliphatic heterocycles. The van der Waals surface area contributed by atoms with Crippen LogP contribution in [0.25, 0.3) is 0 Å². The van der Waals surface area contributed by atoms with Crippen molar-refractivity contribution >= 4 is 23.3 Å². The molecule has 0 N–H and O–H groups in total. The second-order valence-electron chi connectivity index (χ2n) is 3.27. The number of ketones is 1. The third-order valence-electron chi connectivity index (χ3n) is 2.14. The van der Waals surface area contributed by atoms with Crippen molar-refractivity contribution in [2.75, 3.05) is 18.0 Å². The van der Waals surface area contributed by atoms with Crippen molar-refractivity contribution in [3.05, 3.63) is 17.4 Å². The number of halogens is 1. The monoisotopic (exact) mass is 211 g/mol. The van der Waals surface area contributed by atoms with Gasteiger partial charge in [0, 0.05) is 13.0 Å². The average Bonchev–Trinajstić information content (AvgIpc) is 2.19. The van der Waals surface area contributed by atoms with E-state index in [0.29, 0.717) is 23.9 Å². The van der Waals surface area contributed by atoms with Crippen LogP contribution in [0.3, 0.4) is 0 Å². The van der Waals surface area contributed by atoms with Crippen LogP contribution in [-0.2, 0) is 4.79 Å². The van der Waals surface area contributed by atoms with E-state index in [1.807, 2.05) is 4.90 Å². The fourth-order valence-electron chi connectivity index (χ4n) is 1.48. The SMILES string of the molecule is O=C1CCCN(c2ncc(Cl)cn2)C1. The highest BCUT2D eigenvalue weighted by Gasteiger charge is 2.18. The van der Waals surface area contributed by atoms with Gasteiger partial charge in [0.05, 0.1) is 24.0 Å². The van der Waals surface area contributed by atoms with Crippen molar-refractivity contribution in [2.45, 2.75) is 12.8 Å². The predicted octanol–water partition coefficient (Wildman–Crippen LogP) is 1.30. The van der Waals surface area contributed by atoms with E-state index >= 15 is 0 Å². The highest BCUT2D eigenvalue weighted by molar-refractivity contribution is 6.30. The molecule has 1 fully saturated rings. The van der Waals surface area contributed by atoms with E-state index in [0.717, 1.165) is 13.0 Å². The minimum Gasteiger partial charge on any atom is -0.333 e. The van der Waals surface area contributed by atoms with E-state index in [9.17, 15) is 4.79 Å². The topological polar surface area (TPSA) is 46.1 Å². The number of hydrogen-bond acceptors (Lipinski definition) is 4. The van der Waals surface area contributed by atoms with Crippen LogP contribution in [0.2, 0.25) is 5.02 Å². The summed E-state index contributed by atoms with van der Waals surface area (Å²) in [6, 6.07) is 0. The molecule has 74 valence electrons. The smallest absolute Gasteiger partial charge is 0.225 e. The van der Waals surface area contributed by atoms with Crippen LogP contribution in [0.15, 0.2) is 12.4 Å². The Balaban J connectivity index is 2.14. The van der Waals surface area contributed by atoms with Crippen molar-refractivity contribution in [1.82, 2.24) is 9.97 Å². The Bertz CT molecular complexity index is 338. The number of hydrogen-bond donors (Lipinski definition) is 0. The molecule has 2 rings (SSSR count). The number of carbonyl (C=O) groups is 1. The number of piperidine rings is 1. The van der Waals surface area contributed by atoms with Crippen LogP contribution in [0.5, 0.6) is 0 Å². The van der Waals surface area contributed by atoms with Crippen LogP contribution in [0, 0.1) is 0 Å². The molecule has 0 aromatic carbocycles. The van der Waals surface area contributed by atoms with E-state index in [4.69, 9.17) is 11.6 Å². The maximum Gasteiger partial charge on any atom is 0.225 e. The normalized spacial score (nSPS) is 17.2. The number of anilines is 1. The van der Waals surface area contributed by atoms with Gasteiger partial charge in [0.1, 0.15) is 0 Å². The molecule has 1 aliphatic rings. The summed E-state index contributed by atoms with van der Waals surface area (Å²) in [4.78, 5) is 21.2. The summed E-state index contributed by atoms with van der Waals surface area (Å²) in [6.07, 6.45) is 4.64. The van der Waals surface area contributed by atoms with Crippen molar-refractivity contribution < 1.29 is 4.79 Å². The summed E-state index contributed by atoms with van der Waals surface area (Å²) in [7, 11) is 0. The zero-order valence-electron chi connectivity index (χ0n) is 7.61. The van der Waals surface area contributed by atoms with E-state index in [1.54, 1.807) is 12.4 Å². The Kier molecular flexibility index (Phi) is 2.63. The second kappa shape index (κ2) is 3.92. The van der Waals surface area contributed by atoms with Gasteiger partial charge in [-0.05, 0) is 6.42 Å². The van der Waals surface area contributed by atoms with Gasteiger partial charge in [-0.2, -0.15) is 0 Å². The van der Waals surface area contributed by atoms with Gasteiger partial charge in [-0.1, -0.05) is 11.6 Å². The Labute approximate surface area is 86.9 Å². The largest absolute Gasteiger partial charge is 0.333 e. The molecule has 0 bridgehead atoms. The fraction of sp³-hybridized carbons (Fsp3) is 0.444. The van der Waals surface area contributed by atoms with Gasteiger partial charge >= 0.3 is 0 Å². The lowest BCUT2D eigenvalue weighted by molar-refractivity contribution is -0.118. The van der Waals surface area contributed by atoms with E-state index in [2.05, 4.69) is 9.97 Å². The van der Waals surface area contributed by atoms with Gasteiger partial charge in [-0.3, -0.25) is 4.79 Å². The van der Waals surface area contributed by atoms with Crippen LogP contribution < -0.4 is 4.90 Å². The predicted molar refractivity (Wildman–Crippen MR) is 53.5 cm³/mol. The first-order chi connectivity index (χ1) is 6.75. The quantitative estimate of drug-likeness (QED) is 0.703. The lowest BCUT2D eigenvalue weighted by Gasteiger charge is -2.25. The van der Waals surface area contributed by atoms with Crippen molar-refractivity contribution in [2.24, 2.45) is 0 Å². The molecule has 1 aromatic rings. The maximum absolute atomic E-state index is 11.2. The Morgan fingerprint density at radius 2 is 2.07 bits per heavy atom. The summed E-state index contributed by atoms with van der Waals surface area (Å²) < 4.78 is 0. The van der Waals surface area contributed by atoms with Gasteiger partial charge in [-0.25, -0.2) is 9.97 Å². The molecule has 0 unspecified atom stereocenters. The van der Waals surface area contributed by atoms with Gasteiger partial charge in [0.15, 0.2) is 5.78 Å². The lowest BCUT2D eigenvalue weighted by atomic mass is 10.1. The molecule has 0 atom stereocenters. The average molecular weight is 212 g/mol. The van der Waals surface area contributed by atoms with Crippen molar-refractivity contribution in [3.8, 4) is 0 Å². The number of nitrogens with zero attached hydrogens (tertiary/aromatic N) is 3. The highest BCUT2D eigenvalue weighted by Crippen LogP contribution is 2.14. The third-order valence-corrected chi connectivity index (χ3v) is 2.34. The highest BCUT2D eigenvalue weighted by atomic mass is 35.5. The Morgan fingerprint density at radius 1 is 1.36 bits per heavy atom. The molecule has 1 saturated heterocycles. The second-order valence-corrected chi connectivity index (χ2v) is 3.70. The first-order valence-corrected chi connectivity index (χ1v) is 4.88. The molecular formula is C9H10ClN3O. The Morgan fingerprint density at radius 3 is 2.71 bits per heavy atom. The number of aromatic nitrogens is 2. The number of Topliss-reactive ketones (excluding diaryl/α,β-unsaturated/α-hetero) is 1. The molecule has 1 aromatic heterocycles. The molecule has 0 amide bonds. The van der Waals surface area contributed by atoms with E-state index in [1.165, 1.54) is 0 Å². The third kappa shape index (κ3) is 2.01. The summed E-state index contributed by atoms with van der Waals surface area (Å²) in [6.45, 7) is 1.26. The van der Waals surface area contributed by atoms with E-state index < -0.39 is 0 Å². The molecule has 4 nitrogen and oxygen atoms in total. The summed E-state index contributed by atoms with van der Waals surface area (Å²) in [5, 5.41) is 0.511. The first-order valence-electron chi connectivity index (χ1n) is 4.50. The lowest BCUT2D eigenvalue weighted by Crippen LogP contribution is -2.36. The van der Waals surface area contributed by atoms with Gasteiger partial charge < -0.3 is 4.90 Å². The van der Waals surface area contributed by atoms with Gasteiger partial charge in [0.25, 0.3) is 0 Å². The standard InChI is InChI=1S/C9H10ClN3O/c10-7-4-11-9(12-5-7)13-3-1-2-8(14)6-13/h4-5H,1-3,6H2. The first kappa shape index (κ1) is 9.40. The summed E-state index contributed by atoms with van der Waals surface area (Å²) in [5.41, 5.74) is 0. The summed E-state index contributed by atoms with van der Waals surface area (Å²) in [5.74, 6) is 0.831. The maximum atomic E-state index is 11.2. The van der Waals surface area contributed by atoms with Crippen LogP contribution >= 0.6 is 11.6 Å². The number of rotatable bonds is 1. The van der Waals surface area contributed by atoms with Crippen molar-refractivity contribution in [1.29, 1.82) is 0 Å².